The van der Waals surface area contributed by atoms with Crippen molar-refractivity contribution in [2.45, 2.75) is 0 Å². The highest BCUT2D eigenvalue weighted by atomic mass is 15.1. The maximum Gasteiger partial charge on any atom is 0.0561 e. The predicted molar refractivity (Wildman–Crippen MR) is 186 cm³/mol. The fourth-order valence-electron chi connectivity index (χ4n) is 6.45. The molecule has 2 heteroatoms. The molecule has 0 aliphatic carbocycles. The summed E-state index contributed by atoms with van der Waals surface area (Å²) in [6.45, 7) is 0. The maximum absolute atomic E-state index is 2.40. The Hall–Kier alpha value is -5.86. The predicted octanol–water partition coefficient (Wildman–Crippen LogP) is 11.6. The molecule has 0 spiro atoms. The summed E-state index contributed by atoms with van der Waals surface area (Å²) >= 11 is 0. The van der Waals surface area contributed by atoms with Gasteiger partial charge in [0.15, 0.2) is 0 Å². The second-order valence-electron chi connectivity index (χ2n) is 11.0. The van der Waals surface area contributed by atoms with Gasteiger partial charge in [-0.2, -0.15) is 0 Å². The summed E-state index contributed by atoms with van der Waals surface area (Å²) in [6.07, 6.45) is 0. The number of hydrogen-bond donors (Lipinski definition) is 0. The van der Waals surface area contributed by atoms with Crippen LogP contribution >= 0.6 is 0 Å². The van der Waals surface area contributed by atoms with Crippen molar-refractivity contribution in [1.82, 2.24) is 4.57 Å². The molecule has 0 saturated carbocycles. The van der Waals surface area contributed by atoms with E-state index in [0.717, 1.165) is 22.7 Å². The van der Waals surface area contributed by atoms with Crippen LogP contribution in [-0.4, -0.2) is 4.57 Å². The molecular formula is C42H30N2. The van der Waals surface area contributed by atoms with E-state index in [9.17, 15) is 0 Å². The minimum atomic E-state index is 1.10. The van der Waals surface area contributed by atoms with Gasteiger partial charge in [0.25, 0.3) is 0 Å². The number of nitrogens with zero attached hydrogens (tertiary/aromatic N) is 2. The fourth-order valence-corrected chi connectivity index (χ4v) is 6.45. The highest BCUT2D eigenvalue weighted by Crippen LogP contribution is 2.46. The zero-order valence-corrected chi connectivity index (χ0v) is 24.2. The maximum atomic E-state index is 2.40. The lowest BCUT2D eigenvalue weighted by Gasteiger charge is -2.29. The molecule has 1 aromatic heterocycles. The largest absolute Gasteiger partial charge is 0.310 e. The van der Waals surface area contributed by atoms with E-state index in [2.05, 4.69) is 191 Å². The SMILES string of the molecule is c1ccc(-c2cccc(N(c3ccccc3)c3ccc4c5ccccc5n(-c5ccccc5)c4c3)c2-c2ccccc2)cc1. The number of aromatic nitrogens is 1. The quantitative estimate of drug-likeness (QED) is 0.196. The lowest BCUT2D eigenvalue weighted by Crippen LogP contribution is -2.12. The van der Waals surface area contributed by atoms with Crippen LogP contribution in [0.15, 0.2) is 182 Å². The van der Waals surface area contributed by atoms with E-state index >= 15 is 0 Å². The lowest BCUT2D eigenvalue weighted by atomic mass is 9.92. The van der Waals surface area contributed by atoms with E-state index in [1.807, 2.05) is 0 Å². The third-order valence-corrected chi connectivity index (χ3v) is 8.37. The summed E-state index contributed by atoms with van der Waals surface area (Å²) in [7, 11) is 0. The number of para-hydroxylation sites is 3. The highest BCUT2D eigenvalue weighted by Gasteiger charge is 2.22. The van der Waals surface area contributed by atoms with Gasteiger partial charge in [-0.1, -0.05) is 133 Å². The van der Waals surface area contributed by atoms with Gasteiger partial charge in [-0.05, 0) is 65.2 Å². The van der Waals surface area contributed by atoms with E-state index in [1.165, 1.54) is 44.1 Å². The van der Waals surface area contributed by atoms with Crippen LogP contribution in [0.3, 0.4) is 0 Å². The lowest BCUT2D eigenvalue weighted by molar-refractivity contribution is 1.18. The van der Waals surface area contributed by atoms with Crippen molar-refractivity contribution in [3.05, 3.63) is 182 Å². The molecule has 0 saturated heterocycles. The second-order valence-corrected chi connectivity index (χ2v) is 11.0. The third-order valence-electron chi connectivity index (χ3n) is 8.37. The molecule has 0 unspecified atom stereocenters. The van der Waals surface area contributed by atoms with Gasteiger partial charge < -0.3 is 9.47 Å². The minimum absolute atomic E-state index is 1.10. The normalized spacial score (nSPS) is 11.2. The molecule has 44 heavy (non-hydrogen) atoms. The summed E-state index contributed by atoms with van der Waals surface area (Å²) in [6, 6.07) is 65.1. The number of fused-ring (bicyclic) bond motifs is 3. The topological polar surface area (TPSA) is 8.17 Å². The Balaban J connectivity index is 1.43. The van der Waals surface area contributed by atoms with Crippen molar-refractivity contribution in [2.75, 3.05) is 4.90 Å². The first-order valence-corrected chi connectivity index (χ1v) is 15.0. The number of rotatable bonds is 6. The van der Waals surface area contributed by atoms with Gasteiger partial charge in [-0.15, -0.1) is 0 Å². The van der Waals surface area contributed by atoms with Gasteiger partial charge in [0.2, 0.25) is 0 Å². The van der Waals surface area contributed by atoms with Crippen molar-refractivity contribution in [3.63, 3.8) is 0 Å². The first-order chi connectivity index (χ1) is 21.9. The summed E-state index contributed by atoms with van der Waals surface area (Å²) in [5.41, 5.74) is 11.7. The van der Waals surface area contributed by atoms with Crippen LogP contribution in [-0.2, 0) is 0 Å². The molecule has 0 atom stereocenters. The minimum Gasteiger partial charge on any atom is -0.310 e. The number of benzene rings is 7. The van der Waals surface area contributed by atoms with Crippen molar-refractivity contribution in [2.24, 2.45) is 0 Å². The van der Waals surface area contributed by atoms with Crippen LogP contribution in [0.5, 0.6) is 0 Å². The molecule has 8 aromatic rings. The highest BCUT2D eigenvalue weighted by molar-refractivity contribution is 6.10. The Morgan fingerprint density at radius 1 is 0.386 bits per heavy atom. The van der Waals surface area contributed by atoms with E-state index in [1.54, 1.807) is 0 Å². The number of hydrogen-bond acceptors (Lipinski definition) is 1. The Morgan fingerprint density at radius 3 is 1.70 bits per heavy atom. The van der Waals surface area contributed by atoms with Crippen molar-refractivity contribution < 1.29 is 0 Å². The van der Waals surface area contributed by atoms with Gasteiger partial charge in [0.05, 0.1) is 16.7 Å². The van der Waals surface area contributed by atoms with Crippen molar-refractivity contribution >= 4 is 38.9 Å². The van der Waals surface area contributed by atoms with E-state index in [0.29, 0.717) is 0 Å². The molecule has 2 nitrogen and oxygen atoms in total. The molecule has 208 valence electrons. The first-order valence-electron chi connectivity index (χ1n) is 15.0. The van der Waals surface area contributed by atoms with Crippen LogP contribution in [0.4, 0.5) is 17.1 Å². The zero-order chi connectivity index (χ0) is 29.3. The zero-order valence-electron chi connectivity index (χ0n) is 24.2. The van der Waals surface area contributed by atoms with Crippen molar-refractivity contribution in [1.29, 1.82) is 0 Å². The summed E-state index contributed by atoms with van der Waals surface area (Å²) in [5, 5.41) is 2.49. The van der Waals surface area contributed by atoms with Crippen LogP contribution < -0.4 is 4.90 Å². The van der Waals surface area contributed by atoms with Gasteiger partial charge in [0.1, 0.15) is 0 Å². The van der Waals surface area contributed by atoms with Crippen LogP contribution in [0.25, 0.3) is 49.7 Å². The second kappa shape index (κ2) is 11.1. The Kier molecular flexibility index (Phi) is 6.51. The Morgan fingerprint density at radius 2 is 0.977 bits per heavy atom. The molecule has 0 aliphatic rings. The Labute approximate surface area is 257 Å². The fraction of sp³-hybridized carbons (Fsp3) is 0. The molecule has 8 rings (SSSR count). The molecule has 0 N–H and O–H groups in total. The van der Waals surface area contributed by atoms with Gasteiger partial charge >= 0.3 is 0 Å². The third kappa shape index (κ3) is 4.45. The van der Waals surface area contributed by atoms with Crippen LogP contribution in [0.1, 0.15) is 0 Å². The monoisotopic (exact) mass is 562 g/mol. The summed E-state index contributed by atoms with van der Waals surface area (Å²) < 4.78 is 2.38. The molecule has 7 aromatic carbocycles. The molecule has 0 amide bonds. The Bertz CT molecular complexity index is 2200. The molecule has 0 aliphatic heterocycles. The molecule has 0 bridgehead atoms. The van der Waals surface area contributed by atoms with E-state index in [-0.39, 0.29) is 0 Å². The first kappa shape index (κ1) is 25.8. The smallest absolute Gasteiger partial charge is 0.0561 e. The standard InChI is InChI=1S/C42H30N2/c1-5-16-31(17-6-1)36-25-15-27-40(42(36)32-18-7-2-8-19-32)43(33-20-9-3-10-21-33)35-28-29-38-37-24-13-14-26-39(37)44(41(38)30-35)34-22-11-4-12-23-34/h1-30H. The van der Waals surface area contributed by atoms with Crippen LogP contribution in [0, 0.1) is 0 Å². The van der Waals surface area contributed by atoms with Gasteiger partial charge in [0, 0.05) is 33.4 Å². The average Bonchev–Trinajstić information content (AvgIpc) is 3.44. The number of anilines is 3. The molecule has 0 radical (unpaired) electrons. The molecule has 1 heterocycles. The van der Waals surface area contributed by atoms with Gasteiger partial charge in [-0.3, -0.25) is 0 Å². The van der Waals surface area contributed by atoms with E-state index < -0.39 is 0 Å². The van der Waals surface area contributed by atoms with Gasteiger partial charge in [-0.25, -0.2) is 0 Å². The van der Waals surface area contributed by atoms with E-state index in [4.69, 9.17) is 0 Å². The van der Waals surface area contributed by atoms with Crippen molar-refractivity contribution in [3.8, 4) is 27.9 Å². The molecule has 0 fully saturated rings. The average molecular weight is 563 g/mol. The van der Waals surface area contributed by atoms with Crippen LogP contribution in [0.2, 0.25) is 0 Å². The summed E-state index contributed by atoms with van der Waals surface area (Å²) in [4.78, 5) is 2.40. The molecular weight excluding hydrogens is 532 g/mol. The summed E-state index contributed by atoms with van der Waals surface area (Å²) in [5.74, 6) is 0.